The van der Waals surface area contributed by atoms with Gasteiger partial charge in [-0.15, -0.1) is 0 Å². The van der Waals surface area contributed by atoms with Crippen LogP contribution in [0.5, 0.6) is 17.2 Å². The standard InChI is InChI=1S/C16H14O5/c1-20-10-7-11(17)13-12(8-10)21-16(15(19)14(13)18)9-5-3-2-4-6-9/h2-8,15-17,19H,1H3/t15-,16?/m0/s1. The Bertz CT molecular complexity index is 681. The second kappa shape index (κ2) is 5.10. The van der Waals surface area contributed by atoms with Gasteiger partial charge in [-0.2, -0.15) is 0 Å². The molecule has 0 spiro atoms. The number of fused-ring (bicyclic) bond motifs is 1. The van der Waals surface area contributed by atoms with Crippen LogP contribution in [0.3, 0.4) is 0 Å². The maximum Gasteiger partial charge on any atom is 0.202 e. The fourth-order valence-corrected chi connectivity index (χ4v) is 2.41. The van der Waals surface area contributed by atoms with E-state index in [1.165, 1.54) is 19.2 Å². The molecule has 0 saturated carbocycles. The lowest BCUT2D eigenvalue weighted by atomic mass is 9.93. The minimum atomic E-state index is -1.36. The molecule has 3 rings (SSSR count). The normalized spacial score (nSPS) is 20.6. The van der Waals surface area contributed by atoms with E-state index in [9.17, 15) is 15.0 Å². The first-order valence-corrected chi connectivity index (χ1v) is 6.46. The molecule has 0 amide bonds. The molecule has 1 heterocycles. The smallest absolute Gasteiger partial charge is 0.202 e. The lowest BCUT2D eigenvalue weighted by molar-refractivity contribution is 0.0210. The number of phenolic OH excluding ortho intramolecular Hbond substituents is 1. The number of aromatic hydroxyl groups is 1. The van der Waals surface area contributed by atoms with E-state index in [-0.39, 0.29) is 17.1 Å². The van der Waals surface area contributed by atoms with E-state index in [0.29, 0.717) is 11.3 Å². The Morgan fingerprint density at radius 2 is 1.90 bits per heavy atom. The summed E-state index contributed by atoms with van der Waals surface area (Å²) in [7, 11) is 1.45. The number of benzene rings is 2. The van der Waals surface area contributed by atoms with Gasteiger partial charge < -0.3 is 19.7 Å². The average molecular weight is 286 g/mol. The highest BCUT2D eigenvalue weighted by atomic mass is 16.5. The van der Waals surface area contributed by atoms with Crippen LogP contribution in [0.25, 0.3) is 0 Å². The molecule has 0 radical (unpaired) electrons. The van der Waals surface area contributed by atoms with Crippen molar-refractivity contribution in [3.63, 3.8) is 0 Å². The second-order valence-corrected chi connectivity index (χ2v) is 4.78. The van der Waals surface area contributed by atoms with Gasteiger partial charge in [-0.1, -0.05) is 30.3 Å². The first-order valence-electron chi connectivity index (χ1n) is 6.46. The van der Waals surface area contributed by atoms with E-state index in [1.807, 2.05) is 6.07 Å². The van der Waals surface area contributed by atoms with Crippen LogP contribution in [0.4, 0.5) is 0 Å². The van der Waals surface area contributed by atoms with Crippen LogP contribution in [0.1, 0.15) is 22.0 Å². The van der Waals surface area contributed by atoms with Crippen molar-refractivity contribution in [2.24, 2.45) is 0 Å². The van der Waals surface area contributed by atoms with Crippen LogP contribution in [0.2, 0.25) is 0 Å². The fourth-order valence-electron chi connectivity index (χ4n) is 2.41. The average Bonchev–Trinajstić information content (AvgIpc) is 2.51. The van der Waals surface area contributed by atoms with Crippen LogP contribution >= 0.6 is 0 Å². The predicted molar refractivity (Wildman–Crippen MR) is 74.8 cm³/mol. The number of carbonyl (C=O) groups excluding carboxylic acids is 1. The molecule has 0 aliphatic carbocycles. The van der Waals surface area contributed by atoms with Gasteiger partial charge >= 0.3 is 0 Å². The Morgan fingerprint density at radius 1 is 1.19 bits per heavy atom. The minimum Gasteiger partial charge on any atom is -0.507 e. The number of ketones is 1. The Morgan fingerprint density at radius 3 is 2.57 bits per heavy atom. The summed E-state index contributed by atoms with van der Waals surface area (Å²) in [5.74, 6) is -0.247. The number of phenols is 1. The molecule has 0 bridgehead atoms. The summed E-state index contributed by atoms with van der Waals surface area (Å²) in [6, 6.07) is 11.8. The Labute approximate surface area is 121 Å². The highest BCUT2D eigenvalue weighted by Gasteiger charge is 2.39. The second-order valence-electron chi connectivity index (χ2n) is 4.78. The number of aliphatic hydroxyl groups excluding tert-OH is 1. The Hall–Kier alpha value is -2.53. The number of Topliss-reactive ketones (excluding diaryl/α,β-unsaturated/α-hetero) is 1. The van der Waals surface area contributed by atoms with Gasteiger partial charge in [0.1, 0.15) is 22.8 Å². The summed E-state index contributed by atoms with van der Waals surface area (Å²) in [5, 5.41) is 20.1. The summed E-state index contributed by atoms with van der Waals surface area (Å²) in [5.41, 5.74) is 0.668. The van der Waals surface area contributed by atoms with Crippen molar-refractivity contribution >= 4 is 5.78 Å². The molecule has 0 fully saturated rings. The number of carbonyl (C=O) groups is 1. The largest absolute Gasteiger partial charge is 0.507 e. The van der Waals surface area contributed by atoms with Gasteiger partial charge in [0.2, 0.25) is 5.78 Å². The monoisotopic (exact) mass is 286 g/mol. The number of aliphatic hydroxyl groups is 1. The zero-order valence-corrected chi connectivity index (χ0v) is 11.3. The van der Waals surface area contributed by atoms with Crippen LogP contribution in [0, 0.1) is 0 Å². The van der Waals surface area contributed by atoms with Crippen LogP contribution in [0.15, 0.2) is 42.5 Å². The molecule has 0 aromatic heterocycles. The van der Waals surface area contributed by atoms with E-state index in [1.54, 1.807) is 24.3 Å². The van der Waals surface area contributed by atoms with Crippen LogP contribution in [-0.2, 0) is 0 Å². The molecular weight excluding hydrogens is 272 g/mol. The molecule has 1 aliphatic heterocycles. The van der Waals surface area contributed by atoms with E-state index in [2.05, 4.69) is 0 Å². The van der Waals surface area contributed by atoms with E-state index in [4.69, 9.17) is 9.47 Å². The zero-order chi connectivity index (χ0) is 15.0. The maximum atomic E-state index is 12.3. The van der Waals surface area contributed by atoms with E-state index in [0.717, 1.165) is 0 Å². The molecule has 108 valence electrons. The third kappa shape index (κ3) is 2.21. The van der Waals surface area contributed by atoms with E-state index < -0.39 is 18.0 Å². The number of methoxy groups -OCH3 is 1. The molecule has 5 heteroatoms. The van der Waals surface area contributed by atoms with Gasteiger partial charge in [-0.25, -0.2) is 0 Å². The van der Waals surface area contributed by atoms with Gasteiger partial charge in [0.05, 0.1) is 7.11 Å². The van der Waals surface area contributed by atoms with Crippen molar-refractivity contribution in [1.82, 2.24) is 0 Å². The minimum absolute atomic E-state index is 0.0181. The highest BCUT2D eigenvalue weighted by Crippen LogP contribution is 2.41. The molecule has 5 nitrogen and oxygen atoms in total. The summed E-state index contributed by atoms with van der Waals surface area (Å²) in [6.45, 7) is 0. The van der Waals surface area contributed by atoms with Crippen molar-refractivity contribution in [3.05, 3.63) is 53.6 Å². The number of hydrogen-bond acceptors (Lipinski definition) is 5. The van der Waals surface area contributed by atoms with Crippen LogP contribution in [-0.4, -0.2) is 29.2 Å². The van der Waals surface area contributed by atoms with Gasteiger partial charge in [-0.05, 0) is 5.56 Å². The summed E-state index contributed by atoms with van der Waals surface area (Å²) in [4.78, 5) is 12.3. The quantitative estimate of drug-likeness (QED) is 0.884. The van der Waals surface area contributed by atoms with Crippen LogP contribution < -0.4 is 9.47 Å². The fraction of sp³-hybridized carbons (Fsp3) is 0.188. The lowest BCUT2D eigenvalue weighted by Crippen LogP contribution is -2.36. The predicted octanol–water partition coefficient (Wildman–Crippen LogP) is 2.08. The first kappa shape index (κ1) is 13.5. The van der Waals surface area contributed by atoms with Gasteiger partial charge in [0.25, 0.3) is 0 Å². The first-order chi connectivity index (χ1) is 10.1. The van der Waals surface area contributed by atoms with Gasteiger partial charge in [-0.3, -0.25) is 4.79 Å². The molecule has 1 aliphatic rings. The topological polar surface area (TPSA) is 76.0 Å². The maximum absolute atomic E-state index is 12.3. The molecule has 2 aromatic rings. The Balaban J connectivity index is 2.08. The van der Waals surface area contributed by atoms with Crippen molar-refractivity contribution in [3.8, 4) is 17.2 Å². The third-order valence-electron chi connectivity index (χ3n) is 3.47. The van der Waals surface area contributed by atoms with Crippen molar-refractivity contribution < 1.29 is 24.5 Å². The van der Waals surface area contributed by atoms with Gasteiger partial charge in [0.15, 0.2) is 12.2 Å². The molecule has 21 heavy (non-hydrogen) atoms. The molecule has 2 aromatic carbocycles. The zero-order valence-electron chi connectivity index (χ0n) is 11.3. The summed E-state index contributed by atoms with van der Waals surface area (Å²) in [6.07, 6.45) is -2.17. The molecular formula is C16H14O5. The van der Waals surface area contributed by atoms with E-state index >= 15 is 0 Å². The van der Waals surface area contributed by atoms with Crippen molar-refractivity contribution in [2.45, 2.75) is 12.2 Å². The molecule has 0 saturated heterocycles. The molecule has 2 atom stereocenters. The number of rotatable bonds is 2. The number of ether oxygens (including phenoxy) is 2. The third-order valence-corrected chi connectivity index (χ3v) is 3.47. The lowest BCUT2D eigenvalue weighted by Gasteiger charge is -2.30. The SMILES string of the molecule is COc1cc(O)c2c(c1)OC(c1ccccc1)[C@@H](O)C2=O. The summed E-state index contributed by atoms with van der Waals surface area (Å²) < 4.78 is 10.8. The van der Waals surface area contributed by atoms with Crippen molar-refractivity contribution in [1.29, 1.82) is 0 Å². The van der Waals surface area contributed by atoms with Crippen molar-refractivity contribution in [2.75, 3.05) is 7.11 Å². The molecule has 2 N–H and O–H groups in total. The summed E-state index contributed by atoms with van der Waals surface area (Å²) >= 11 is 0. The number of hydrogen-bond donors (Lipinski definition) is 2. The van der Waals surface area contributed by atoms with Gasteiger partial charge in [0, 0.05) is 12.1 Å². The molecule has 1 unspecified atom stereocenters. The Kier molecular flexibility index (Phi) is 3.27. The highest BCUT2D eigenvalue weighted by molar-refractivity contribution is 6.05.